The van der Waals surface area contributed by atoms with E-state index in [9.17, 15) is 18.8 Å². The number of anilines is 1. The van der Waals surface area contributed by atoms with Crippen LogP contribution in [-0.4, -0.2) is 24.1 Å². The molecular formula is C22H16BrFN2O3. The van der Waals surface area contributed by atoms with Crippen molar-refractivity contribution < 1.29 is 18.8 Å². The largest absolute Gasteiger partial charge is 0.343 e. The fraction of sp³-hybridized carbons (Fsp3) is 0.0455. The van der Waals surface area contributed by atoms with Gasteiger partial charge in [-0.1, -0.05) is 34.1 Å². The van der Waals surface area contributed by atoms with E-state index in [1.54, 1.807) is 36.4 Å². The van der Waals surface area contributed by atoms with E-state index >= 15 is 0 Å². The van der Waals surface area contributed by atoms with Crippen molar-refractivity contribution in [2.24, 2.45) is 0 Å². The van der Waals surface area contributed by atoms with Crippen molar-refractivity contribution in [2.75, 3.05) is 11.9 Å². The van der Waals surface area contributed by atoms with Crippen molar-refractivity contribution in [1.29, 1.82) is 0 Å². The molecule has 0 spiro atoms. The summed E-state index contributed by atoms with van der Waals surface area (Å²) in [7, 11) is 0. The summed E-state index contributed by atoms with van der Waals surface area (Å²) in [5.41, 5.74) is 1.17. The summed E-state index contributed by atoms with van der Waals surface area (Å²) < 4.78 is 14.0. The van der Waals surface area contributed by atoms with Crippen molar-refractivity contribution in [3.63, 3.8) is 0 Å². The fourth-order valence-corrected chi connectivity index (χ4v) is 2.89. The van der Waals surface area contributed by atoms with E-state index in [0.717, 1.165) is 4.47 Å². The van der Waals surface area contributed by atoms with Crippen LogP contribution in [0.2, 0.25) is 0 Å². The summed E-state index contributed by atoms with van der Waals surface area (Å²) in [4.78, 5) is 37.3. The van der Waals surface area contributed by atoms with E-state index < -0.39 is 23.4 Å². The Kier molecular flexibility index (Phi) is 6.51. The third kappa shape index (κ3) is 5.36. The van der Waals surface area contributed by atoms with Crippen LogP contribution in [0, 0.1) is 5.82 Å². The molecule has 3 rings (SSSR count). The summed E-state index contributed by atoms with van der Waals surface area (Å²) in [5.74, 6) is -1.82. The summed E-state index contributed by atoms with van der Waals surface area (Å²) in [6, 6.07) is 18.4. The number of ketones is 1. The van der Waals surface area contributed by atoms with Gasteiger partial charge in [-0.2, -0.15) is 0 Å². The maximum absolute atomic E-state index is 13.1. The molecule has 0 aliphatic rings. The third-order valence-electron chi connectivity index (χ3n) is 4.06. The maximum atomic E-state index is 13.1. The van der Waals surface area contributed by atoms with Crippen molar-refractivity contribution in [3.8, 4) is 0 Å². The van der Waals surface area contributed by atoms with Gasteiger partial charge in [-0.3, -0.25) is 14.4 Å². The lowest BCUT2D eigenvalue weighted by molar-refractivity contribution is -0.115. The topological polar surface area (TPSA) is 75.3 Å². The molecule has 0 aromatic heterocycles. The van der Waals surface area contributed by atoms with Crippen molar-refractivity contribution in [3.05, 3.63) is 99.8 Å². The van der Waals surface area contributed by atoms with Gasteiger partial charge in [0.15, 0.2) is 5.78 Å². The normalized spacial score (nSPS) is 10.3. The van der Waals surface area contributed by atoms with Crippen LogP contribution in [-0.2, 0) is 4.79 Å². The first-order valence-corrected chi connectivity index (χ1v) is 9.46. The molecule has 7 heteroatoms. The van der Waals surface area contributed by atoms with Gasteiger partial charge in [0.25, 0.3) is 5.91 Å². The molecule has 2 N–H and O–H groups in total. The third-order valence-corrected chi connectivity index (χ3v) is 4.59. The Balaban J connectivity index is 1.68. The highest BCUT2D eigenvalue weighted by molar-refractivity contribution is 9.10. The van der Waals surface area contributed by atoms with Crippen LogP contribution in [0.25, 0.3) is 0 Å². The molecule has 0 saturated heterocycles. The second-order valence-corrected chi connectivity index (χ2v) is 7.04. The number of hydrogen-bond donors (Lipinski definition) is 2. The van der Waals surface area contributed by atoms with Crippen LogP contribution in [0.4, 0.5) is 10.1 Å². The molecule has 0 aliphatic heterocycles. The highest BCUT2D eigenvalue weighted by atomic mass is 79.9. The predicted octanol–water partition coefficient (Wildman–Crippen LogP) is 4.19. The minimum atomic E-state index is -0.554. The van der Waals surface area contributed by atoms with Gasteiger partial charge in [0, 0.05) is 21.3 Å². The van der Waals surface area contributed by atoms with Crippen molar-refractivity contribution >= 4 is 39.2 Å². The molecule has 0 aliphatic carbocycles. The summed E-state index contributed by atoms with van der Waals surface area (Å²) in [6.45, 7) is -0.256. The van der Waals surface area contributed by atoms with Crippen molar-refractivity contribution in [1.82, 2.24) is 5.32 Å². The minimum Gasteiger partial charge on any atom is -0.343 e. The monoisotopic (exact) mass is 454 g/mol. The molecule has 0 fully saturated rings. The second-order valence-electron chi connectivity index (χ2n) is 6.12. The lowest BCUT2D eigenvalue weighted by atomic mass is 9.98. The number of benzene rings is 3. The van der Waals surface area contributed by atoms with E-state index in [1.165, 1.54) is 36.4 Å². The minimum absolute atomic E-state index is 0.137. The molecule has 0 heterocycles. The molecule has 0 radical (unpaired) electrons. The van der Waals surface area contributed by atoms with Gasteiger partial charge >= 0.3 is 0 Å². The van der Waals surface area contributed by atoms with Gasteiger partial charge < -0.3 is 10.6 Å². The van der Waals surface area contributed by atoms with Gasteiger partial charge in [-0.15, -0.1) is 0 Å². The summed E-state index contributed by atoms with van der Waals surface area (Å²) in [5, 5.41) is 5.18. The lowest BCUT2D eigenvalue weighted by Crippen LogP contribution is -2.33. The Morgan fingerprint density at radius 3 is 2.10 bits per heavy atom. The Morgan fingerprint density at radius 1 is 0.828 bits per heavy atom. The van der Waals surface area contributed by atoms with E-state index in [-0.39, 0.29) is 23.2 Å². The number of hydrogen-bond acceptors (Lipinski definition) is 3. The molecule has 0 unspecified atom stereocenters. The molecule has 0 bridgehead atoms. The molecule has 146 valence electrons. The highest BCUT2D eigenvalue weighted by Crippen LogP contribution is 2.16. The molecule has 0 saturated carbocycles. The number of carbonyl (C=O) groups excluding carboxylic acids is 3. The molecular weight excluding hydrogens is 439 g/mol. The Labute approximate surface area is 175 Å². The molecule has 3 aromatic rings. The molecule has 3 aromatic carbocycles. The number of carbonyl (C=O) groups is 3. The van der Waals surface area contributed by atoms with Crippen LogP contribution >= 0.6 is 15.9 Å². The number of amides is 2. The molecule has 0 atom stereocenters. The first-order chi connectivity index (χ1) is 13.9. The average molecular weight is 455 g/mol. The fourth-order valence-electron chi connectivity index (χ4n) is 2.63. The Morgan fingerprint density at radius 2 is 1.45 bits per heavy atom. The predicted molar refractivity (Wildman–Crippen MR) is 111 cm³/mol. The first-order valence-electron chi connectivity index (χ1n) is 8.67. The Bertz CT molecular complexity index is 1050. The standard InChI is InChI=1S/C22H16BrFN2O3/c23-15-7-11-17(12-8-15)26-20(27)13-25-22(29)19-4-2-1-3-18(19)21(28)14-5-9-16(24)10-6-14/h1-12H,13H2,(H,25,29)(H,26,27). The van der Waals surface area contributed by atoms with Gasteiger partial charge in [0.05, 0.1) is 12.1 Å². The first kappa shape index (κ1) is 20.4. The quantitative estimate of drug-likeness (QED) is 0.548. The van der Waals surface area contributed by atoms with Crippen LogP contribution in [0.5, 0.6) is 0 Å². The number of nitrogens with one attached hydrogen (secondary N) is 2. The van der Waals surface area contributed by atoms with Gasteiger partial charge in [0.1, 0.15) is 5.82 Å². The highest BCUT2D eigenvalue weighted by Gasteiger charge is 2.18. The van der Waals surface area contributed by atoms with Gasteiger partial charge in [0.2, 0.25) is 5.91 Å². The SMILES string of the molecule is O=C(CNC(=O)c1ccccc1C(=O)c1ccc(F)cc1)Nc1ccc(Br)cc1. The number of rotatable bonds is 6. The van der Waals surface area contributed by atoms with Crippen LogP contribution < -0.4 is 10.6 Å². The van der Waals surface area contributed by atoms with E-state index in [4.69, 9.17) is 0 Å². The summed E-state index contributed by atoms with van der Waals surface area (Å²) in [6.07, 6.45) is 0. The second kappa shape index (κ2) is 9.25. The van der Waals surface area contributed by atoms with Gasteiger partial charge in [-0.05, 0) is 54.6 Å². The van der Waals surface area contributed by atoms with Crippen LogP contribution in [0.1, 0.15) is 26.3 Å². The zero-order valence-corrected chi connectivity index (χ0v) is 16.7. The molecule has 2 amide bonds. The molecule has 29 heavy (non-hydrogen) atoms. The zero-order valence-electron chi connectivity index (χ0n) is 15.1. The maximum Gasteiger partial charge on any atom is 0.252 e. The average Bonchev–Trinajstić information content (AvgIpc) is 2.74. The Hall–Kier alpha value is -3.32. The van der Waals surface area contributed by atoms with Gasteiger partial charge in [-0.25, -0.2) is 4.39 Å². The van der Waals surface area contributed by atoms with E-state index in [2.05, 4.69) is 26.6 Å². The van der Waals surface area contributed by atoms with Crippen molar-refractivity contribution in [2.45, 2.75) is 0 Å². The van der Waals surface area contributed by atoms with Crippen LogP contribution in [0.15, 0.2) is 77.3 Å². The zero-order chi connectivity index (χ0) is 20.8. The summed E-state index contributed by atoms with van der Waals surface area (Å²) >= 11 is 3.31. The smallest absolute Gasteiger partial charge is 0.252 e. The van der Waals surface area contributed by atoms with Crippen LogP contribution in [0.3, 0.4) is 0 Å². The van der Waals surface area contributed by atoms with E-state index in [0.29, 0.717) is 5.69 Å². The lowest BCUT2D eigenvalue weighted by Gasteiger charge is -2.10. The number of halogens is 2. The molecule has 5 nitrogen and oxygen atoms in total. The van der Waals surface area contributed by atoms with E-state index in [1.807, 2.05) is 0 Å².